The van der Waals surface area contributed by atoms with Crippen LogP contribution in [0.4, 0.5) is 11.5 Å². The Balaban J connectivity index is 2.61. The Morgan fingerprint density at radius 2 is 2.11 bits per heavy atom. The molecule has 1 heterocycles. The highest BCUT2D eigenvalue weighted by Gasteiger charge is 2.11. The second kappa shape index (κ2) is 7.10. The number of sulfonamides is 1. The summed E-state index contributed by atoms with van der Waals surface area (Å²) in [6, 6.07) is 0. The van der Waals surface area contributed by atoms with E-state index in [1.165, 1.54) is 6.33 Å². The summed E-state index contributed by atoms with van der Waals surface area (Å²) >= 11 is 0. The minimum Gasteiger partial charge on any atom is -0.476 e. The largest absolute Gasteiger partial charge is 0.476 e. The average molecular weight is 289 g/mol. The van der Waals surface area contributed by atoms with Gasteiger partial charge < -0.3 is 15.8 Å². The van der Waals surface area contributed by atoms with Gasteiger partial charge in [0.15, 0.2) is 5.82 Å². The first-order chi connectivity index (χ1) is 9.00. The van der Waals surface area contributed by atoms with Crippen LogP contribution in [0, 0.1) is 0 Å². The Kier molecular flexibility index (Phi) is 5.77. The lowest BCUT2D eigenvalue weighted by Crippen LogP contribution is -2.29. The van der Waals surface area contributed by atoms with Gasteiger partial charge in [0.25, 0.3) is 0 Å². The number of hydrogen-bond acceptors (Lipinski definition) is 7. The molecule has 0 aromatic carbocycles. The van der Waals surface area contributed by atoms with E-state index in [9.17, 15) is 8.42 Å². The van der Waals surface area contributed by atoms with Gasteiger partial charge in [-0.25, -0.2) is 18.1 Å². The molecule has 0 aliphatic carbocycles. The van der Waals surface area contributed by atoms with Crippen LogP contribution in [0.1, 0.15) is 13.8 Å². The van der Waals surface area contributed by atoms with Crippen molar-refractivity contribution in [2.45, 2.75) is 13.8 Å². The molecule has 0 unspecified atom stereocenters. The van der Waals surface area contributed by atoms with Gasteiger partial charge in [0.05, 0.1) is 12.4 Å². The van der Waals surface area contributed by atoms with E-state index in [1.807, 2.05) is 6.92 Å². The zero-order valence-corrected chi connectivity index (χ0v) is 11.8. The molecule has 0 fully saturated rings. The molecular formula is C10H19N5O3S. The fraction of sp³-hybridized carbons (Fsp3) is 0.600. The zero-order valence-electron chi connectivity index (χ0n) is 11.0. The molecule has 108 valence electrons. The van der Waals surface area contributed by atoms with Crippen LogP contribution in [0.5, 0.6) is 5.88 Å². The lowest BCUT2D eigenvalue weighted by atomic mass is 10.4. The molecule has 0 amide bonds. The van der Waals surface area contributed by atoms with Crippen molar-refractivity contribution in [3.8, 4) is 5.88 Å². The normalized spacial score (nSPS) is 11.3. The fourth-order valence-electron chi connectivity index (χ4n) is 1.37. The molecule has 19 heavy (non-hydrogen) atoms. The zero-order chi connectivity index (χ0) is 14.3. The second-order valence-corrected chi connectivity index (χ2v) is 5.54. The quantitative estimate of drug-likeness (QED) is 0.606. The number of hydrogen-bond donors (Lipinski definition) is 3. The fourth-order valence-corrected chi connectivity index (χ4v) is 2.32. The van der Waals surface area contributed by atoms with Gasteiger partial charge in [-0.05, 0) is 6.92 Å². The van der Waals surface area contributed by atoms with Gasteiger partial charge in [-0.3, -0.25) is 0 Å². The van der Waals surface area contributed by atoms with Gasteiger partial charge in [-0.15, -0.1) is 0 Å². The number of rotatable bonds is 8. The highest BCUT2D eigenvalue weighted by atomic mass is 32.2. The lowest BCUT2D eigenvalue weighted by Gasteiger charge is -2.11. The highest BCUT2D eigenvalue weighted by Crippen LogP contribution is 2.24. The third kappa shape index (κ3) is 4.87. The predicted molar refractivity (Wildman–Crippen MR) is 73.6 cm³/mol. The van der Waals surface area contributed by atoms with Crippen LogP contribution < -0.4 is 20.5 Å². The van der Waals surface area contributed by atoms with Gasteiger partial charge >= 0.3 is 0 Å². The first-order valence-electron chi connectivity index (χ1n) is 5.94. The number of nitrogen functional groups attached to an aromatic ring is 1. The maximum Gasteiger partial charge on any atom is 0.242 e. The molecule has 0 atom stereocenters. The standard InChI is InChI=1S/C10H19N5O3S/c1-3-15-19(16,17)6-5-12-9-8(11)10(18-4-2)14-7-13-9/h7,15H,3-6,11H2,1-2H3,(H,12,13,14). The van der Waals surface area contributed by atoms with Crippen LogP contribution >= 0.6 is 0 Å². The number of ether oxygens (including phenoxy) is 1. The van der Waals surface area contributed by atoms with E-state index in [4.69, 9.17) is 10.5 Å². The molecule has 1 aromatic heterocycles. The van der Waals surface area contributed by atoms with Gasteiger partial charge in [0.2, 0.25) is 15.9 Å². The number of aromatic nitrogens is 2. The maximum atomic E-state index is 11.4. The third-order valence-electron chi connectivity index (χ3n) is 2.16. The Hall–Kier alpha value is -1.61. The van der Waals surface area contributed by atoms with Gasteiger partial charge in [0, 0.05) is 13.1 Å². The Morgan fingerprint density at radius 1 is 1.37 bits per heavy atom. The summed E-state index contributed by atoms with van der Waals surface area (Å²) in [5.41, 5.74) is 6.07. The van der Waals surface area contributed by atoms with Gasteiger partial charge in [-0.1, -0.05) is 6.92 Å². The molecule has 0 aliphatic heterocycles. The molecule has 0 radical (unpaired) electrons. The topological polar surface area (TPSA) is 119 Å². The van der Waals surface area contributed by atoms with Crippen molar-refractivity contribution < 1.29 is 13.2 Å². The summed E-state index contributed by atoms with van der Waals surface area (Å²) in [7, 11) is -3.26. The van der Waals surface area contributed by atoms with Gasteiger partial charge in [0.1, 0.15) is 12.0 Å². The number of anilines is 2. The van der Waals surface area contributed by atoms with E-state index in [-0.39, 0.29) is 23.9 Å². The second-order valence-electron chi connectivity index (χ2n) is 3.62. The number of nitrogens with zero attached hydrogens (tertiary/aromatic N) is 2. The third-order valence-corrected chi connectivity index (χ3v) is 3.63. The maximum absolute atomic E-state index is 11.4. The SMILES string of the molecule is CCNS(=O)(=O)CCNc1ncnc(OCC)c1N. The van der Waals surface area contributed by atoms with Crippen molar-refractivity contribution in [3.05, 3.63) is 6.33 Å². The molecule has 0 aliphatic rings. The van der Waals surface area contributed by atoms with Crippen LogP contribution in [-0.2, 0) is 10.0 Å². The van der Waals surface area contributed by atoms with E-state index in [1.54, 1.807) is 6.92 Å². The minimum atomic E-state index is -3.26. The van der Waals surface area contributed by atoms with Crippen molar-refractivity contribution in [2.24, 2.45) is 0 Å². The molecule has 1 aromatic rings. The molecule has 0 spiro atoms. The molecule has 9 heteroatoms. The molecule has 4 N–H and O–H groups in total. The monoisotopic (exact) mass is 289 g/mol. The summed E-state index contributed by atoms with van der Waals surface area (Å²) < 4.78 is 30.5. The van der Waals surface area contributed by atoms with E-state index < -0.39 is 10.0 Å². The van der Waals surface area contributed by atoms with E-state index in [0.29, 0.717) is 19.0 Å². The average Bonchev–Trinajstić information content (AvgIpc) is 2.34. The number of nitrogens with one attached hydrogen (secondary N) is 2. The highest BCUT2D eigenvalue weighted by molar-refractivity contribution is 7.89. The molecule has 0 saturated heterocycles. The summed E-state index contributed by atoms with van der Waals surface area (Å²) in [5.74, 6) is 0.591. The van der Waals surface area contributed by atoms with Crippen molar-refractivity contribution in [2.75, 3.05) is 36.5 Å². The van der Waals surface area contributed by atoms with Crippen molar-refractivity contribution in [3.63, 3.8) is 0 Å². The smallest absolute Gasteiger partial charge is 0.242 e. The molecule has 0 saturated carbocycles. The summed E-state index contributed by atoms with van der Waals surface area (Å²) in [4.78, 5) is 7.83. The minimum absolute atomic E-state index is 0.0613. The van der Waals surface area contributed by atoms with E-state index in [0.717, 1.165) is 0 Å². The van der Waals surface area contributed by atoms with Crippen molar-refractivity contribution in [1.29, 1.82) is 0 Å². The van der Waals surface area contributed by atoms with Gasteiger partial charge in [-0.2, -0.15) is 4.98 Å². The summed E-state index contributed by atoms with van der Waals surface area (Å²) in [6.07, 6.45) is 1.31. The van der Waals surface area contributed by atoms with Crippen LogP contribution in [0.15, 0.2) is 6.33 Å². The first-order valence-corrected chi connectivity index (χ1v) is 7.59. The van der Waals surface area contributed by atoms with Crippen LogP contribution in [-0.4, -0.2) is 43.8 Å². The van der Waals surface area contributed by atoms with Crippen LogP contribution in [0.3, 0.4) is 0 Å². The lowest BCUT2D eigenvalue weighted by molar-refractivity contribution is 0.328. The molecule has 0 bridgehead atoms. The van der Waals surface area contributed by atoms with Crippen molar-refractivity contribution in [1.82, 2.24) is 14.7 Å². The van der Waals surface area contributed by atoms with Crippen molar-refractivity contribution >= 4 is 21.5 Å². The molecular weight excluding hydrogens is 270 g/mol. The molecule has 8 nitrogen and oxygen atoms in total. The Morgan fingerprint density at radius 3 is 2.74 bits per heavy atom. The predicted octanol–water partition coefficient (Wildman–Crippen LogP) is -0.191. The van der Waals surface area contributed by atoms with Crippen LogP contribution in [0.25, 0.3) is 0 Å². The first kappa shape index (κ1) is 15.4. The number of nitrogens with two attached hydrogens (primary N) is 1. The summed E-state index contributed by atoms with van der Waals surface area (Å²) in [6.45, 7) is 4.55. The van der Waals surface area contributed by atoms with Crippen LogP contribution in [0.2, 0.25) is 0 Å². The Bertz CT molecular complexity index is 506. The van der Waals surface area contributed by atoms with E-state index in [2.05, 4.69) is 20.0 Å². The Labute approximate surface area is 112 Å². The van der Waals surface area contributed by atoms with E-state index >= 15 is 0 Å². The molecule has 1 rings (SSSR count). The summed E-state index contributed by atoms with van der Waals surface area (Å²) in [5, 5.41) is 2.85.